The Bertz CT molecular complexity index is 510. The van der Waals surface area contributed by atoms with Gasteiger partial charge >= 0.3 is 5.97 Å². The van der Waals surface area contributed by atoms with E-state index in [2.05, 4.69) is 5.32 Å². The minimum absolute atomic E-state index is 0.0485. The van der Waals surface area contributed by atoms with E-state index >= 15 is 0 Å². The summed E-state index contributed by atoms with van der Waals surface area (Å²) in [5.74, 6) is -1.22. The molecule has 1 amide bonds. The second-order valence-corrected chi connectivity index (χ2v) is 4.97. The molecule has 0 bridgehead atoms. The number of amides is 1. The van der Waals surface area contributed by atoms with Crippen LogP contribution >= 0.6 is 11.8 Å². The monoisotopic (exact) mass is 294 g/mol. The molecule has 0 saturated heterocycles. The molecule has 1 atom stereocenters. The lowest BCUT2D eigenvalue weighted by molar-refractivity contribution is -0.141. The number of nitrogens with one attached hydrogen (secondary N) is 1. The van der Waals surface area contributed by atoms with Crippen molar-refractivity contribution < 1.29 is 19.8 Å². The van der Waals surface area contributed by atoms with Crippen LogP contribution in [0.1, 0.15) is 5.56 Å². The molecule has 0 heterocycles. The summed E-state index contributed by atoms with van der Waals surface area (Å²) in [6.07, 6.45) is 0.129. The van der Waals surface area contributed by atoms with E-state index in [4.69, 9.17) is 15.5 Å². The molecule has 1 aromatic rings. The number of benzene rings is 1. The van der Waals surface area contributed by atoms with Gasteiger partial charge in [-0.15, -0.1) is 11.8 Å². The molecule has 0 aliphatic rings. The first kappa shape index (κ1) is 15.9. The largest absolute Gasteiger partial charge is 0.508 e. The van der Waals surface area contributed by atoms with E-state index < -0.39 is 17.9 Å². The van der Waals surface area contributed by atoms with E-state index in [1.807, 2.05) is 6.07 Å². The van der Waals surface area contributed by atoms with Crippen molar-refractivity contribution in [1.82, 2.24) is 5.32 Å². The van der Waals surface area contributed by atoms with Gasteiger partial charge in [0.05, 0.1) is 17.6 Å². The van der Waals surface area contributed by atoms with Crippen molar-refractivity contribution in [3.8, 4) is 11.8 Å². The van der Waals surface area contributed by atoms with E-state index in [0.717, 1.165) is 11.8 Å². The van der Waals surface area contributed by atoms with Gasteiger partial charge in [0.25, 0.3) is 0 Å². The van der Waals surface area contributed by atoms with Crippen LogP contribution in [0.4, 0.5) is 0 Å². The van der Waals surface area contributed by atoms with Crippen LogP contribution in [-0.4, -0.2) is 39.6 Å². The van der Waals surface area contributed by atoms with Crippen molar-refractivity contribution in [3.05, 3.63) is 29.8 Å². The van der Waals surface area contributed by atoms with Gasteiger partial charge in [0, 0.05) is 6.42 Å². The highest BCUT2D eigenvalue weighted by atomic mass is 32.2. The minimum Gasteiger partial charge on any atom is -0.508 e. The van der Waals surface area contributed by atoms with Crippen molar-refractivity contribution in [2.75, 3.05) is 11.5 Å². The molecule has 0 spiro atoms. The first-order valence-corrected chi connectivity index (χ1v) is 6.93. The number of carboxylic acids is 1. The van der Waals surface area contributed by atoms with Crippen molar-refractivity contribution >= 4 is 23.6 Å². The third-order valence-electron chi connectivity index (χ3n) is 2.41. The molecule has 0 saturated carbocycles. The van der Waals surface area contributed by atoms with Gasteiger partial charge in [-0.2, -0.15) is 5.26 Å². The molecule has 0 unspecified atom stereocenters. The summed E-state index contributed by atoms with van der Waals surface area (Å²) in [6.45, 7) is 0. The summed E-state index contributed by atoms with van der Waals surface area (Å²) in [5.41, 5.74) is 0.695. The standard InChI is InChI=1S/C13H14N2O4S/c14-5-6-20-8-12(17)15-11(13(18)19)7-9-1-3-10(16)4-2-9/h1-4,11,16H,6-8H2,(H,15,17)(H,18,19)/t11-/m0/s1. The van der Waals surface area contributed by atoms with E-state index in [9.17, 15) is 9.59 Å². The first-order chi connectivity index (χ1) is 9.52. The maximum atomic E-state index is 11.5. The van der Waals surface area contributed by atoms with Crippen LogP contribution in [0.5, 0.6) is 5.75 Å². The quantitative estimate of drug-likeness (QED) is 0.640. The molecule has 0 fully saturated rings. The molecule has 0 aliphatic carbocycles. The number of carbonyl (C=O) groups is 2. The summed E-state index contributed by atoms with van der Waals surface area (Å²) in [4.78, 5) is 22.6. The Hall–Kier alpha value is -2.20. The van der Waals surface area contributed by atoms with Gasteiger partial charge < -0.3 is 15.5 Å². The minimum atomic E-state index is -1.13. The third-order valence-corrected chi connectivity index (χ3v) is 3.21. The fourth-order valence-corrected chi connectivity index (χ4v) is 1.96. The highest BCUT2D eigenvalue weighted by molar-refractivity contribution is 8.00. The summed E-state index contributed by atoms with van der Waals surface area (Å²) < 4.78 is 0. The Morgan fingerprint density at radius 2 is 2.00 bits per heavy atom. The third kappa shape index (κ3) is 5.63. The Labute approximate surface area is 120 Å². The van der Waals surface area contributed by atoms with Crippen LogP contribution in [0.3, 0.4) is 0 Å². The summed E-state index contributed by atoms with van der Waals surface area (Å²) >= 11 is 1.12. The zero-order valence-electron chi connectivity index (χ0n) is 10.6. The number of phenolic OH excluding ortho intramolecular Hbond substituents is 1. The van der Waals surface area contributed by atoms with Crippen LogP contribution < -0.4 is 5.32 Å². The Morgan fingerprint density at radius 1 is 1.35 bits per heavy atom. The van der Waals surface area contributed by atoms with Crippen molar-refractivity contribution in [1.29, 1.82) is 5.26 Å². The van der Waals surface area contributed by atoms with Crippen LogP contribution in [0.2, 0.25) is 0 Å². The van der Waals surface area contributed by atoms with E-state index in [-0.39, 0.29) is 23.7 Å². The molecular weight excluding hydrogens is 280 g/mol. The van der Waals surface area contributed by atoms with Crippen LogP contribution in [0.15, 0.2) is 24.3 Å². The zero-order valence-corrected chi connectivity index (χ0v) is 11.4. The zero-order chi connectivity index (χ0) is 15.0. The van der Waals surface area contributed by atoms with Crippen LogP contribution in [0.25, 0.3) is 0 Å². The van der Waals surface area contributed by atoms with E-state index in [0.29, 0.717) is 5.56 Å². The molecule has 7 heteroatoms. The number of aromatic hydroxyl groups is 1. The number of thioether (sulfide) groups is 1. The number of hydrogen-bond donors (Lipinski definition) is 3. The molecule has 6 nitrogen and oxygen atoms in total. The van der Waals surface area contributed by atoms with Gasteiger partial charge in [-0.05, 0) is 17.7 Å². The van der Waals surface area contributed by atoms with E-state index in [1.54, 1.807) is 12.1 Å². The SMILES string of the molecule is N#CCSCC(=O)N[C@@H](Cc1ccc(O)cc1)C(=O)O. The Balaban J connectivity index is 2.56. The molecule has 106 valence electrons. The van der Waals surface area contributed by atoms with Crippen LogP contribution in [-0.2, 0) is 16.0 Å². The Morgan fingerprint density at radius 3 is 2.55 bits per heavy atom. The number of nitriles is 1. The lowest BCUT2D eigenvalue weighted by Gasteiger charge is -2.14. The molecule has 0 aliphatic heterocycles. The second-order valence-electron chi connectivity index (χ2n) is 3.98. The average Bonchev–Trinajstić information content (AvgIpc) is 2.40. The number of phenols is 1. The Kier molecular flexibility index (Phi) is 6.40. The molecule has 0 aromatic heterocycles. The van der Waals surface area contributed by atoms with E-state index in [1.165, 1.54) is 12.1 Å². The number of carboxylic acid groups (broad SMARTS) is 1. The predicted octanol–water partition coefficient (Wildman–Crippen LogP) is 0.761. The molecule has 1 rings (SSSR count). The average molecular weight is 294 g/mol. The van der Waals surface area contributed by atoms with Crippen molar-refractivity contribution in [2.45, 2.75) is 12.5 Å². The maximum Gasteiger partial charge on any atom is 0.326 e. The van der Waals surface area contributed by atoms with Crippen LogP contribution in [0, 0.1) is 11.3 Å². The predicted molar refractivity (Wildman–Crippen MR) is 74.3 cm³/mol. The normalized spacial score (nSPS) is 11.3. The lowest BCUT2D eigenvalue weighted by atomic mass is 10.1. The molecule has 1 aromatic carbocycles. The summed E-state index contributed by atoms with van der Waals surface area (Å²) in [5, 5.41) is 29.0. The van der Waals surface area contributed by atoms with Gasteiger partial charge in [0.15, 0.2) is 0 Å². The van der Waals surface area contributed by atoms with Gasteiger partial charge in [-0.25, -0.2) is 4.79 Å². The number of carbonyl (C=O) groups excluding carboxylic acids is 1. The second kappa shape index (κ2) is 8.07. The topological polar surface area (TPSA) is 110 Å². The van der Waals surface area contributed by atoms with Gasteiger partial charge in [0.1, 0.15) is 11.8 Å². The lowest BCUT2D eigenvalue weighted by Crippen LogP contribution is -2.43. The molecular formula is C13H14N2O4S. The fourth-order valence-electron chi connectivity index (χ4n) is 1.49. The highest BCUT2D eigenvalue weighted by Gasteiger charge is 2.20. The first-order valence-electron chi connectivity index (χ1n) is 5.77. The molecule has 20 heavy (non-hydrogen) atoms. The summed E-state index contributed by atoms with van der Waals surface area (Å²) in [6, 6.07) is 6.97. The number of nitrogens with zero attached hydrogens (tertiary/aromatic N) is 1. The number of aliphatic carboxylic acids is 1. The maximum absolute atomic E-state index is 11.5. The van der Waals surface area contributed by atoms with Gasteiger partial charge in [-0.3, -0.25) is 4.79 Å². The molecule has 0 radical (unpaired) electrons. The van der Waals surface area contributed by atoms with Gasteiger partial charge in [-0.1, -0.05) is 12.1 Å². The highest BCUT2D eigenvalue weighted by Crippen LogP contribution is 2.11. The summed E-state index contributed by atoms with van der Waals surface area (Å²) in [7, 11) is 0. The number of rotatable bonds is 7. The number of hydrogen-bond acceptors (Lipinski definition) is 5. The van der Waals surface area contributed by atoms with Gasteiger partial charge in [0.2, 0.25) is 5.91 Å². The molecule has 3 N–H and O–H groups in total. The smallest absolute Gasteiger partial charge is 0.326 e. The van der Waals surface area contributed by atoms with Crippen molar-refractivity contribution in [3.63, 3.8) is 0 Å². The van der Waals surface area contributed by atoms with Crippen molar-refractivity contribution in [2.24, 2.45) is 0 Å². The fraction of sp³-hybridized carbons (Fsp3) is 0.308.